The van der Waals surface area contributed by atoms with Crippen molar-refractivity contribution in [2.24, 2.45) is 0 Å². The van der Waals surface area contributed by atoms with Gasteiger partial charge in [0.1, 0.15) is 5.82 Å². The van der Waals surface area contributed by atoms with Crippen molar-refractivity contribution in [3.8, 4) is 11.4 Å². The fourth-order valence-corrected chi connectivity index (χ4v) is 2.69. The molecule has 27 heavy (non-hydrogen) atoms. The van der Waals surface area contributed by atoms with Gasteiger partial charge in [-0.15, -0.1) is 0 Å². The number of nitrogens with zero attached hydrogens (tertiary/aromatic N) is 3. The molecule has 4 aromatic rings. The molecule has 4 rings (SSSR count). The van der Waals surface area contributed by atoms with E-state index in [1.165, 1.54) is 12.1 Å². The average Bonchev–Trinajstić information content (AvgIpc) is 3.15. The molecule has 0 radical (unpaired) electrons. The van der Waals surface area contributed by atoms with E-state index in [1.807, 2.05) is 6.07 Å². The molecule has 0 bridgehead atoms. The molecule has 2 aromatic carbocycles. The molecule has 2 aromatic heterocycles. The van der Waals surface area contributed by atoms with Gasteiger partial charge in [0, 0.05) is 18.5 Å². The zero-order valence-corrected chi connectivity index (χ0v) is 14.3. The van der Waals surface area contributed by atoms with E-state index in [2.05, 4.69) is 25.4 Å². The summed E-state index contributed by atoms with van der Waals surface area (Å²) < 4.78 is 18.2. The highest BCUT2D eigenvalue weighted by Gasteiger charge is 2.09. The second-order valence-corrected chi connectivity index (χ2v) is 5.98. The molecule has 0 fully saturated rings. The zero-order valence-electron chi connectivity index (χ0n) is 14.3. The Morgan fingerprint density at radius 1 is 1.07 bits per heavy atom. The van der Waals surface area contributed by atoms with E-state index in [0.717, 1.165) is 0 Å². The normalized spacial score (nSPS) is 11.0. The largest absolute Gasteiger partial charge is 0.356 e. The Morgan fingerprint density at radius 2 is 1.89 bits per heavy atom. The fourth-order valence-electron chi connectivity index (χ4n) is 2.69. The number of rotatable bonds is 6. The minimum Gasteiger partial charge on any atom is -0.356 e. The number of aromatic amines is 1. The lowest BCUT2D eigenvalue weighted by Crippen LogP contribution is -2.14. The van der Waals surface area contributed by atoms with Crippen LogP contribution in [0.5, 0.6) is 0 Å². The lowest BCUT2D eigenvalue weighted by molar-refractivity contribution is 0.377. The molecule has 7 nitrogen and oxygen atoms in total. The summed E-state index contributed by atoms with van der Waals surface area (Å²) in [6.07, 6.45) is 1.28. The van der Waals surface area contributed by atoms with Gasteiger partial charge in [-0.25, -0.2) is 9.37 Å². The van der Waals surface area contributed by atoms with Gasteiger partial charge in [-0.3, -0.25) is 9.78 Å². The highest BCUT2D eigenvalue weighted by molar-refractivity contribution is 5.78. The van der Waals surface area contributed by atoms with Gasteiger partial charge in [0.25, 0.3) is 5.56 Å². The van der Waals surface area contributed by atoms with Crippen LogP contribution in [0.2, 0.25) is 0 Å². The lowest BCUT2D eigenvalue weighted by atomic mass is 10.2. The van der Waals surface area contributed by atoms with E-state index >= 15 is 0 Å². The second kappa shape index (κ2) is 7.36. The van der Waals surface area contributed by atoms with E-state index in [0.29, 0.717) is 53.5 Å². The Balaban J connectivity index is 1.34. The van der Waals surface area contributed by atoms with Gasteiger partial charge in [0.05, 0.1) is 10.9 Å². The number of halogens is 1. The Hall–Kier alpha value is -3.55. The number of H-pyrrole nitrogens is 1. The molecular formula is C19H16FN5O2. The summed E-state index contributed by atoms with van der Waals surface area (Å²) in [7, 11) is 0. The minimum absolute atomic E-state index is 0.177. The number of para-hydroxylation sites is 1. The van der Waals surface area contributed by atoms with E-state index in [9.17, 15) is 9.18 Å². The summed E-state index contributed by atoms with van der Waals surface area (Å²) in [6.45, 7) is 0.579. The quantitative estimate of drug-likeness (QED) is 0.510. The van der Waals surface area contributed by atoms with Crippen LogP contribution >= 0.6 is 0 Å². The lowest BCUT2D eigenvalue weighted by Gasteiger charge is -2.05. The topological polar surface area (TPSA) is 96.7 Å². The smallest absolute Gasteiger partial charge is 0.260 e. The van der Waals surface area contributed by atoms with Crippen LogP contribution < -0.4 is 10.9 Å². The van der Waals surface area contributed by atoms with Gasteiger partial charge in [0.2, 0.25) is 17.7 Å². The number of hydrogen-bond acceptors (Lipinski definition) is 6. The van der Waals surface area contributed by atoms with E-state index in [1.54, 1.807) is 30.3 Å². The molecule has 0 aliphatic heterocycles. The van der Waals surface area contributed by atoms with Crippen molar-refractivity contribution in [3.63, 3.8) is 0 Å². The summed E-state index contributed by atoms with van der Waals surface area (Å²) in [5.74, 6) is 1.04. The molecule has 0 aliphatic carbocycles. The first-order valence-electron chi connectivity index (χ1n) is 8.50. The number of hydrogen-bond donors (Lipinski definition) is 2. The molecule has 0 spiro atoms. The molecule has 0 aliphatic rings. The standard InChI is InChI=1S/C19H16FN5O2/c20-13-9-7-12(8-10-13)17-23-16(27-25-17)6-3-11-21-19-22-15-5-2-1-4-14(15)18(26)24-19/h1-2,4-5,7-10H,3,6,11H2,(H2,21,22,24,26). The Labute approximate surface area is 153 Å². The van der Waals surface area contributed by atoms with Crippen molar-refractivity contribution in [1.29, 1.82) is 0 Å². The fraction of sp³-hybridized carbons (Fsp3) is 0.158. The van der Waals surface area contributed by atoms with Gasteiger partial charge in [0.15, 0.2) is 0 Å². The Morgan fingerprint density at radius 3 is 2.74 bits per heavy atom. The van der Waals surface area contributed by atoms with Crippen molar-refractivity contribution < 1.29 is 8.91 Å². The summed E-state index contributed by atoms with van der Waals surface area (Å²) in [5.41, 5.74) is 1.16. The SMILES string of the molecule is O=c1[nH]c(NCCCc2nc(-c3ccc(F)cc3)no2)nc2ccccc12. The van der Waals surface area contributed by atoms with Crippen LogP contribution in [0.3, 0.4) is 0 Å². The third-order valence-electron chi connectivity index (χ3n) is 4.04. The summed E-state index contributed by atoms with van der Waals surface area (Å²) in [4.78, 5) is 23.4. The first-order valence-corrected chi connectivity index (χ1v) is 8.50. The maximum atomic E-state index is 13.0. The first-order chi connectivity index (χ1) is 13.2. The summed E-state index contributed by atoms with van der Waals surface area (Å²) in [6, 6.07) is 13.1. The molecule has 0 saturated heterocycles. The van der Waals surface area contributed by atoms with Crippen molar-refractivity contribution >= 4 is 16.9 Å². The van der Waals surface area contributed by atoms with Gasteiger partial charge in [-0.05, 0) is 42.8 Å². The predicted molar refractivity (Wildman–Crippen MR) is 98.9 cm³/mol. The van der Waals surface area contributed by atoms with Crippen LogP contribution in [0.4, 0.5) is 10.3 Å². The molecule has 2 N–H and O–H groups in total. The minimum atomic E-state index is -0.311. The van der Waals surface area contributed by atoms with Crippen LogP contribution in [0.15, 0.2) is 57.8 Å². The Bertz CT molecular complexity index is 1120. The molecule has 8 heteroatoms. The van der Waals surface area contributed by atoms with E-state index in [-0.39, 0.29) is 11.4 Å². The maximum Gasteiger partial charge on any atom is 0.260 e. The molecule has 2 heterocycles. The summed E-state index contributed by atoms with van der Waals surface area (Å²) in [5, 5.41) is 7.56. The molecule has 136 valence electrons. The van der Waals surface area contributed by atoms with Crippen LogP contribution in [0.25, 0.3) is 22.3 Å². The van der Waals surface area contributed by atoms with Gasteiger partial charge < -0.3 is 9.84 Å². The number of aryl methyl sites for hydroxylation is 1. The van der Waals surface area contributed by atoms with Crippen molar-refractivity contribution in [2.45, 2.75) is 12.8 Å². The van der Waals surface area contributed by atoms with Gasteiger partial charge in [-0.2, -0.15) is 4.98 Å². The first kappa shape index (κ1) is 16.9. The van der Waals surface area contributed by atoms with Gasteiger partial charge >= 0.3 is 0 Å². The highest BCUT2D eigenvalue weighted by atomic mass is 19.1. The predicted octanol–water partition coefficient (Wildman–Crippen LogP) is 3.16. The van der Waals surface area contributed by atoms with Crippen molar-refractivity contribution in [1.82, 2.24) is 20.1 Å². The number of anilines is 1. The van der Waals surface area contributed by atoms with Crippen LogP contribution in [-0.2, 0) is 6.42 Å². The average molecular weight is 365 g/mol. The van der Waals surface area contributed by atoms with E-state index in [4.69, 9.17) is 4.52 Å². The highest BCUT2D eigenvalue weighted by Crippen LogP contribution is 2.16. The zero-order chi connectivity index (χ0) is 18.6. The molecule has 0 atom stereocenters. The van der Waals surface area contributed by atoms with Crippen LogP contribution in [0, 0.1) is 5.82 Å². The Kier molecular flexibility index (Phi) is 4.61. The third kappa shape index (κ3) is 3.84. The second-order valence-electron chi connectivity index (χ2n) is 5.98. The number of fused-ring (bicyclic) bond motifs is 1. The van der Waals surface area contributed by atoms with E-state index < -0.39 is 0 Å². The van der Waals surface area contributed by atoms with Crippen molar-refractivity contribution in [3.05, 3.63) is 70.6 Å². The number of aromatic nitrogens is 4. The molecule has 0 saturated carbocycles. The number of nitrogens with one attached hydrogen (secondary N) is 2. The monoisotopic (exact) mass is 365 g/mol. The number of benzene rings is 2. The molecular weight excluding hydrogens is 349 g/mol. The van der Waals surface area contributed by atoms with Gasteiger partial charge in [-0.1, -0.05) is 17.3 Å². The van der Waals surface area contributed by atoms with Crippen molar-refractivity contribution in [2.75, 3.05) is 11.9 Å². The molecule has 0 unspecified atom stereocenters. The third-order valence-corrected chi connectivity index (χ3v) is 4.04. The van der Waals surface area contributed by atoms with Crippen LogP contribution in [0.1, 0.15) is 12.3 Å². The maximum absolute atomic E-state index is 13.0. The molecule has 0 amide bonds. The summed E-state index contributed by atoms with van der Waals surface area (Å²) >= 11 is 0. The van der Waals surface area contributed by atoms with Crippen LogP contribution in [-0.4, -0.2) is 26.7 Å².